The Labute approximate surface area is 175 Å². The van der Waals surface area contributed by atoms with E-state index in [0.29, 0.717) is 11.3 Å². The largest absolute Gasteiger partial charge is 0.426 e. The van der Waals surface area contributed by atoms with Gasteiger partial charge in [-0.3, -0.25) is 9.59 Å². The third kappa shape index (κ3) is 5.55. The zero-order valence-electron chi connectivity index (χ0n) is 16.9. The van der Waals surface area contributed by atoms with E-state index in [4.69, 9.17) is 10.00 Å². The number of nitrogens with one attached hydrogen (secondary N) is 1. The summed E-state index contributed by atoms with van der Waals surface area (Å²) in [5.41, 5.74) is 4.48. The second kappa shape index (κ2) is 9.53. The van der Waals surface area contributed by atoms with E-state index < -0.39 is 12.0 Å². The van der Waals surface area contributed by atoms with Crippen molar-refractivity contribution in [3.63, 3.8) is 0 Å². The normalized spacial score (nSPS) is 11.2. The molecule has 1 N–H and O–H groups in total. The first-order chi connectivity index (χ1) is 14.4. The van der Waals surface area contributed by atoms with Gasteiger partial charge >= 0.3 is 5.97 Å². The molecule has 150 valence electrons. The van der Waals surface area contributed by atoms with E-state index in [-0.39, 0.29) is 12.3 Å². The lowest BCUT2D eigenvalue weighted by atomic mass is 10.0. The van der Waals surface area contributed by atoms with Crippen molar-refractivity contribution in [3.8, 4) is 22.9 Å². The fourth-order valence-electron chi connectivity index (χ4n) is 3.09. The average molecular weight is 398 g/mol. The molecule has 0 fully saturated rings. The third-order valence-electron chi connectivity index (χ3n) is 4.66. The second-order valence-corrected chi connectivity index (χ2v) is 7.06. The molecule has 0 saturated carbocycles. The molecule has 0 aromatic heterocycles. The number of hydrogen-bond donors (Lipinski definition) is 1. The Morgan fingerprint density at radius 3 is 2.03 bits per heavy atom. The lowest BCUT2D eigenvalue weighted by Gasteiger charge is -2.18. The van der Waals surface area contributed by atoms with Crippen LogP contribution in [-0.2, 0) is 9.59 Å². The first-order valence-electron chi connectivity index (χ1n) is 9.59. The van der Waals surface area contributed by atoms with E-state index >= 15 is 0 Å². The number of amides is 1. The number of ether oxygens (including phenoxy) is 1. The molecule has 1 atom stereocenters. The minimum atomic E-state index is -0.450. The standard InChI is InChI=1S/C25H22N2O3/c1-17-3-7-22(8-4-17)24(27-18(2)28)15-25(29)30-23-13-11-21(12-14-23)20-9-5-19(16-26)6-10-20/h3-14,24H,15H2,1-2H3,(H,27,28). The van der Waals surface area contributed by atoms with Gasteiger partial charge in [0.05, 0.1) is 24.1 Å². The van der Waals surface area contributed by atoms with Crippen molar-refractivity contribution in [2.75, 3.05) is 0 Å². The van der Waals surface area contributed by atoms with E-state index in [2.05, 4.69) is 11.4 Å². The molecule has 30 heavy (non-hydrogen) atoms. The molecule has 1 unspecified atom stereocenters. The van der Waals surface area contributed by atoms with Crippen molar-refractivity contribution < 1.29 is 14.3 Å². The lowest BCUT2D eigenvalue weighted by Crippen LogP contribution is -2.29. The monoisotopic (exact) mass is 398 g/mol. The van der Waals surface area contributed by atoms with Crippen molar-refractivity contribution in [2.24, 2.45) is 0 Å². The van der Waals surface area contributed by atoms with Gasteiger partial charge in [-0.2, -0.15) is 5.26 Å². The van der Waals surface area contributed by atoms with Crippen LogP contribution in [-0.4, -0.2) is 11.9 Å². The minimum Gasteiger partial charge on any atom is -0.426 e. The summed E-state index contributed by atoms with van der Waals surface area (Å²) < 4.78 is 5.47. The maximum Gasteiger partial charge on any atom is 0.313 e. The van der Waals surface area contributed by atoms with E-state index in [1.807, 2.05) is 55.5 Å². The van der Waals surface area contributed by atoms with Crippen LogP contribution in [0.4, 0.5) is 0 Å². The summed E-state index contributed by atoms with van der Waals surface area (Å²) in [7, 11) is 0. The Balaban J connectivity index is 1.67. The van der Waals surface area contributed by atoms with Gasteiger partial charge in [-0.05, 0) is 47.9 Å². The smallest absolute Gasteiger partial charge is 0.313 e. The van der Waals surface area contributed by atoms with E-state index in [0.717, 1.165) is 22.3 Å². The predicted molar refractivity (Wildman–Crippen MR) is 115 cm³/mol. The van der Waals surface area contributed by atoms with E-state index in [9.17, 15) is 9.59 Å². The van der Waals surface area contributed by atoms with Crippen LogP contribution < -0.4 is 10.1 Å². The SMILES string of the molecule is CC(=O)NC(CC(=O)Oc1ccc(-c2ccc(C#N)cc2)cc1)c1ccc(C)cc1. The molecule has 0 saturated heterocycles. The molecular weight excluding hydrogens is 376 g/mol. The highest BCUT2D eigenvalue weighted by Gasteiger charge is 2.18. The van der Waals surface area contributed by atoms with Gasteiger partial charge in [0.25, 0.3) is 0 Å². The van der Waals surface area contributed by atoms with Crippen molar-refractivity contribution in [2.45, 2.75) is 26.3 Å². The summed E-state index contributed by atoms with van der Waals surface area (Å²) in [5.74, 6) is -0.205. The molecule has 0 bridgehead atoms. The van der Waals surface area contributed by atoms with Crippen molar-refractivity contribution >= 4 is 11.9 Å². The number of rotatable bonds is 6. The van der Waals surface area contributed by atoms with Gasteiger partial charge in [-0.25, -0.2) is 0 Å². The number of carbonyl (C=O) groups excluding carboxylic acids is 2. The van der Waals surface area contributed by atoms with Gasteiger partial charge in [0, 0.05) is 6.92 Å². The van der Waals surface area contributed by atoms with Crippen LogP contribution in [0.2, 0.25) is 0 Å². The Morgan fingerprint density at radius 1 is 0.933 bits per heavy atom. The van der Waals surface area contributed by atoms with Gasteiger partial charge in [-0.15, -0.1) is 0 Å². The van der Waals surface area contributed by atoms with Crippen LogP contribution in [0.15, 0.2) is 72.8 Å². The number of nitrogens with zero attached hydrogens (tertiary/aromatic N) is 1. The topological polar surface area (TPSA) is 79.2 Å². The highest BCUT2D eigenvalue weighted by atomic mass is 16.5. The lowest BCUT2D eigenvalue weighted by molar-refractivity contribution is -0.135. The van der Waals surface area contributed by atoms with Crippen LogP contribution >= 0.6 is 0 Å². The molecule has 5 nitrogen and oxygen atoms in total. The molecule has 0 aliphatic heterocycles. The number of hydrogen-bond acceptors (Lipinski definition) is 4. The zero-order valence-corrected chi connectivity index (χ0v) is 16.9. The summed E-state index contributed by atoms with van der Waals surface area (Å²) in [6.45, 7) is 3.40. The molecule has 0 spiro atoms. The minimum absolute atomic E-state index is 0.0278. The maximum atomic E-state index is 12.5. The fourth-order valence-corrected chi connectivity index (χ4v) is 3.09. The van der Waals surface area contributed by atoms with Gasteiger partial charge in [-0.1, -0.05) is 54.1 Å². The Morgan fingerprint density at radius 2 is 1.50 bits per heavy atom. The summed E-state index contributed by atoms with van der Waals surface area (Å²) in [6, 6.07) is 23.8. The van der Waals surface area contributed by atoms with Crippen LogP contribution in [0, 0.1) is 18.3 Å². The van der Waals surface area contributed by atoms with Crippen LogP contribution in [0.5, 0.6) is 5.75 Å². The third-order valence-corrected chi connectivity index (χ3v) is 4.66. The van der Waals surface area contributed by atoms with Gasteiger partial charge in [0.1, 0.15) is 5.75 Å². The highest BCUT2D eigenvalue weighted by molar-refractivity contribution is 5.77. The number of carbonyl (C=O) groups is 2. The summed E-state index contributed by atoms with van der Waals surface area (Å²) in [6.07, 6.45) is 0.0278. The van der Waals surface area contributed by atoms with Gasteiger partial charge in [0.2, 0.25) is 5.91 Å². The molecule has 1 amide bonds. The summed E-state index contributed by atoms with van der Waals surface area (Å²) in [4.78, 5) is 24.0. The second-order valence-electron chi connectivity index (χ2n) is 7.06. The molecule has 0 radical (unpaired) electrons. The Hall–Kier alpha value is -3.91. The fraction of sp³-hybridized carbons (Fsp3) is 0.160. The highest BCUT2D eigenvalue weighted by Crippen LogP contribution is 2.24. The average Bonchev–Trinajstić information content (AvgIpc) is 2.74. The first-order valence-corrected chi connectivity index (χ1v) is 9.59. The molecule has 5 heteroatoms. The Bertz CT molecular complexity index is 1060. The van der Waals surface area contributed by atoms with Crippen molar-refractivity contribution in [1.82, 2.24) is 5.32 Å². The first kappa shape index (κ1) is 20.8. The summed E-state index contributed by atoms with van der Waals surface area (Å²) >= 11 is 0. The van der Waals surface area contributed by atoms with Crippen LogP contribution in [0.3, 0.4) is 0 Å². The molecule has 0 aliphatic carbocycles. The van der Waals surface area contributed by atoms with E-state index in [1.54, 1.807) is 24.3 Å². The number of nitriles is 1. The predicted octanol–water partition coefficient (Wildman–Crippen LogP) is 4.71. The van der Waals surface area contributed by atoms with E-state index in [1.165, 1.54) is 6.92 Å². The van der Waals surface area contributed by atoms with Crippen molar-refractivity contribution in [3.05, 3.63) is 89.5 Å². The molecule has 0 aliphatic rings. The quantitative estimate of drug-likeness (QED) is 0.482. The molecule has 3 aromatic rings. The number of aryl methyl sites for hydroxylation is 1. The maximum absolute atomic E-state index is 12.5. The zero-order chi connectivity index (χ0) is 21.5. The van der Waals surface area contributed by atoms with Crippen LogP contribution in [0.1, 0.15) is 36.1 Å². The van der Waals surface area contributed by atoms with Gasteiger partial charge < -0.3 is 10.1 Å². The molecule has 3 rings (SSSR count). The van der Waals surface area contributed by atoms with Gasteiger partial charge in [0.15, 0.2) is 0 Å². The molecule has 3 aromatic carbocycles. The molecular formula is C25H22N2O3. The summed E-state index contributed by atoms with van der Waals surface area (Å²) in [5, 5.41) is 11.7. The number of esters is 1. The Kier molecular flexibility index (Phi) is 6.61. The van der Waals surface area contributed by atoms with Crippen LogP contribution in [0.25, 0.3) is 11.1 Å². The van der Waals surface area contributed by atoms with Crippen molar-refractivity contribution in [1.29, 1.82) is 5.26 Å². The number of benzene rings is 3. The molecule has 0 heterocycles.